The van der Waals surface area contributed by atoms with Crippen LogP contribution in [0.5, 0.6) is 0 Å². The highest BCUT2D eigenvalue weighted by Crippen LogP contribution is 2.41. The maximum absolute atomic E-state index is 12.4. The SMILES string of the molecule is CC1(Cn2nc3ccc(C(C)(C)C)nn3c2=O)CCC1. The van der Waals surface area contributed by atoms with Crippen molar-refractivity contribution in [1.29, 1.82) is 0 Å². The molecule has 0 atom stereocenters. The van der Waals surface area contributed by atoms with E-state index < -0.39 is 0 Å². The van der Waals surface area contributed by atoms with Crippen LogP contribution >= 0.6 is 0 Å². The van der Waals surface area contributed by atoms with Gasteiger partial charge in [0.2, 0.25) is 0 Å². The van der Waals surface area contributed by atoms with E-state index in [1.54, 1.807) is 4.68 Å². The second-order valence-electron chi connectivity index (χ2n) is 7.34. The molecule has 0 saturated heterocycles. The van der Waals surface area contributed by atoms with E-state index in [4.69, 9.17) is 0 Å². The first-order valence-corrected chi connectivity index (χ1v) is 7.26. The molecule has 20 heavy (non-hydrogen) atoms. The number of aromatic nitrogens is 4. The smallest absolute Gasteiger partial charge is 0.244 e. The Morgan fingerprint density at radius 2 is 1.95 bits per heavy atom. The van der Waals surface area contributed by atoms with Gasteiger partial charge in [0, 0.05) is 5.41 Å². The van der Waals surface area contributed by atoms with Crippen LogP contribution in [-0.2, 0) is 12.0 Å². The van der Waals surface area contributed by atoms with Crippen molar-refractivity contribution in [1.82, 2.24) is 19.4 Å². The lowest BCUT2D eigenvalue weighted by Crippen LogP contribution is -2.35. The second-order valence-corrected chi connectivity index (χ2v) is 7.34. The van der Waals surface area contributed by atoms with Crippen molar-refractivity contribution in [3.63, 3.8) is 0 Å². The minimum Gasteiger partial charge on any atom is -0.244 e. The molecule has 0 aromatic carbocycles. The molecular weight excluding hydrogens is 252 g/mol. The maximum atomic E-state index is 12.4. The zero-order valence-electron chi connectivity index (χ0n) is 12.7. The normalized spacial score (nSPS) is 18.2. The quantitative estimate of drug-likeness (QED) is 0.845. The minimum absolute atomic E-state index is 0.0737. The molecule has 0 N–H and O–H groups in total. The van der Waals surface area contributed by atoms with Gasteiger partial charge in [0.05, 0.1) is 12.2 Å². The summed E-state index contributed by atoms with van der Waals surface area (Å²) in [6.07, 6.45) is 3.60. The number of nitrogens with zero attached hydrogens (tertiary/aromatic N) is 4. The summed E-state index contributed by atoms with van der Waals surface area (Å²) < 4.78 is 3.01. The van der Waals surface area contributed by atoms with Gasteiger partial charge in [0.1, 0.15) is 0 Å². The summed E-state index contributed by atoms with van der Waals surface area (Å²) in [7, 11) is 0. The first-order chi connectivity index (χ1) is 9.28. The lowest BCUT2D eigenvalue weighted by atomic mass is 9.70. The lowest BCUT2D eigenvalue weighted by Gasteiger charge is -2.37. The largest absolute Gasteiger partial charge is 0.367 e. The lowest BCUT2D eigenvalue weighted by molar-refractivity contribution is 0.124. The fourth-order valence-corrected chi connectivity index (χ4v) is 2.71. The fourth-order valence-electron chi connectivity index (χ4n) is 2.71. The van der Waals surface area contributed by atoms with Gasteiger partial charge < -0.3 is 0 Å². The molecule has 2 heterocycles. The van der Waals surface area contributed by atoms with Crippen molar-refractivity contribution in [2.75, 3.05) is 0 Å². The van der Waals surface area contributed by atoms with Gasteiger partial charge in [-0.15, -0.1) is 5.10 Å². The highest BCUT2D eigenvalue weighted by Gasteiger charge is 2.33. The average Bonchev–Trinajstić information content (AvgIpc) is 2.63. The third kappa shape index (κ3) is 2.15. The second kappa shape index (κ2) is 4.17. The van der Waals surface area contributed by atoms with Gasteiger partial charge in [-0.05, 0) is 30.4 Å². The zero-order valence-corrected chi connectivity index (χ0v) is 12.7. The van der Waals surface area contributed by atoms with Crippen LogP contribution < -0.4 is 5.69 Å². The Labute approximate surface area is 118 Å². The fraction of sp³-hybridized carbons (Fsp3) is 0.667. The average molecular weight is 274 g/mol. The van der Waals surface area contributed by atoms with Gasteiger partial charge in [-0.1, -0.05) is 34.1 Å². The van der Waals surface area contributed by atoms with Crippen LogP contribution in [0.3, 0.4) is 0 Å². The molecule has 3 rings (SSSR count). The number of hydrogen-bond donors (Lipinski definition) is 0. The van der Waals surface area contributed by atoms with E-state index in [2.05, 4.69) is 37.9 Å². The van der Waals surface area contributed by atoms with Crippen molar-refractivity contribution in [3.05, 3.63) is 28.3 Å². The van der Waals surface area contributed by atoms with Crippen molar-refractivity contribution in [2.45, 2.75) is 58.9 Å². The molecule has 1 aliphatic carbocycles. The molecule has 0 spiro atoms. The first kappa shape index (κ1) is 13.3. The van der Waals surface area contributed by atoms with Crippen molar-refractivity contribution in [3.8, 4) is 0 Å². The summed E-state index contributed by atoms with van der Waals surface area (Å²) in [5.74, 6) is 0. The summed E-state index contributed by atoms with van der Waals surface area (Å²) in [5.41, 5.74) is 1.57. The predicted molar refractivity (Wildman–Crippen MR) is 77.9 cm³/mol. The van der Waals surface area contributed by atoms with E-state index in [1.807, 2.05) is 12.1 Å². The molecule has 0 bridgehead atoms. The number of fused-ring (bicyclic) bond motifs is 1. The summed E-state index contributed by atoms with van der Waals surface area (Å²) in [5, 5.41) is 8.87. The van der Waals surface area contributed by atoms with Crippen LogP contribution in [0.15, 0.2) is 16.9 Å². The Morgan fingerprint density at radius 1 is 1.25 bits per heavy atom. The Morgan fingerprint density at radius 3 is 2.50 bits per heavy atom. The predicted octanol–water partition coefficient (Wildman–Crippen LogP) is 2.38. The van der Waals surface area contributed by atoms with Crippen LogP contribution in [0.1, 0.15) is 52.7 Å². The van der Waals surface area contributed by atoms with Crippen LogP contribution in [0, 0.1) is 5.41 Å². The van der Waals surface area contributed by atoms with Gasteiger partial charge in [0.25, 0.3) is 0 Å². The molecule has 0 amide bonds. The topological polar surface area (TPSA) is 52.2 Å². The summed E-state index contributed by atoms with van der Waals surface area (Å²) >= 11 is 0. The van der Waals surface area contributed by atoms with E-state index in [9.17, 15) is 4.79 Å². The molecule has 5 heteroatoms. The molecule has 0 radical (unpaired) electrons. The molecular formula is C15H22N4O. The number of rotatable bonds is 2. The van der Waals surface area contributed by atoms with Crippen molar-refractivity contribution >= 4 is 5.65 Å². The highest BCUT2D eigenvalue weighted by molar-refractivity contribution is 5.36. The summed E-state index contributed by atoms with van der Waals surface area (Å²) in [6, 6.07) is 3.84. The Kier molecular flexibility index (Phi) is 2.78. The van der Waals surface area contributed by atoms with Crippen molar-refractivity contribution in [2.24, 2.45) is 5.41 Å². The Bertz CT molecular complexity index is 701. The Hall–Kier alpha value is -1.65. The van der Waals surface area contributed by atoms with E-state index in [1.165, 1.54) is 23.8 Å². The Balaban J connectivity index is 2.04. The monoisotopic (exact) mass is 274 g/mol. The summed E-state index contributed by atoms with van der Waals surface area (Å²) in [4.78, 5) is 12.4. The third-order valence-corrected chi connectivity index (χ3v) is 4.30. The van der Waals surface area contributed by atoms with Gasteiger partial charge >= 0.3 is 5.69 Å². The molecule has 2 aromatic rings. The molecule has 2 aromatic heterocycles. The van der Waals surface area contributed by atoms with Crippen LogP contribution in [0.2, 0.25) is 0 Å². The van der Waals surface area contributed by atoms with Gasteiger partial charge in [0.15, 0.2) is 5.65 Å². The van der Waals surface area contributed by atoms with Gasteiger partial charge in [-0.25, -0.2) is 9.48 Å². The van der Waals surface area contributed by atoms with Gasteiger partial charge in [-0.3, -0.25) is 0 Å². The van der Waals surface area contributed by atoms with E-state index >= 15 is 0 Å². The van der Waals surface area contributed by atoms with E-state index in [0.29, 0.717) is 12.2 Å². The minimum atomic E-state index is -0.126. The maximum Gasteiger partial charge on any atom is 0.367 e. The third-order valence-electron chi connectivity index (χ3n) is 4.30. The molecule has 1 fully saturated rings. The van der Waals surface area contributed by atoms with Crippen LogP contribution in [0.25, 0.3) is 5.65 Å². The first-order valence-electron chi connectivity index (χ1n) is 7.26. The standard InChI is InChI=1S/C15H22N4O/c1-14(2,3)11-6-7-12-17-18(13(20)19(12)16-11)10-15(4)8-5-9-15/h6-7H,5,8-10H2,1-4H3. The van der Waals surface area contributed by atoms with Crippen LogP contribution in [-0.4, -0.2) is 19.4 Å². The molecule has 0 aliphatic heterocycles. The highest BCUT2D eigenvalue weighted by atomic mass is 16.2. The van der Waals surface area contributed by atoms with E-state index in [0.717, 1.165) is 5.69 Å². The molecule has 1 saturated carbocycles. The van der Waals surface area contributed by atoms with Crippen molar-refractivity contribution < 1.29 is 0 Å². The molecule has 108 valence electrons. The van der Waals surface area contributed by atoms with Crippen LogP contribution in [0.4, 0.5) is 0 Å². The number of hydrogen-bond acceptors (Lipinski definition) is 3. The van der Waals surface area contributed by atoms with E-state index in [-0.39, 0.29) is 16.5 Å². The molecule has 5 nitrogen and oxygen atoms in total. The van der Waals surface area contributed by atoms with Gasteiger partial charge in [-0.2, -0.15) is 9.61 Å². The molecule has 0 unspecified atom stereocenters. The zero-order chi connectivity index (χ0) is 14.5. The summed E-state index contributed by atoms with van der Waals surface area (Å²) in [6.45, 7) is 9.19. The molecule has 1 aliphatic rings.